The van der Waals surface area contributed by atoms with Gasteiger partial charge in [0.15, 0.2) is 0 Å². The highest BCUT2D eigenvalue weighted by Gasteiger charge is 2.36. The van der Waals surface area contributed by atoms with Crippen molar-refractivity contribution in [1.82, 2.24) is 23.8 Å². The summed E-state index contributed by atoms with van der Waals surface area (Å²) in [7, 11) is -3.40. The Morgan fingerprint density at radius 1 is 1.42 bits per heavy atom. The average Bonchev–Trinajstić information content (AvgIpc) is 3.17. The summed E-state index contributed by atoms with van der Waals surface area (Å²) in [5.74, 6) is 0.837. The van der Waals surface area contributed by atoms with Crippen LogP contribution in [0, 0.1) is 5.92 Å². The maximum atomic E-state index is 12.4. The topological polar surface area (TPSA) is 104 Å². The van der Waals surface area contributed by atoms with E-state index in [0.29, 0.717) is 35.9 Å². The number of piperidine rings is 1. The van der Waals surface area contributed by atoms with Crippen LogP contribution in [0.4, 0.5) is 0 Å². The third kappa shape index (κ3) is 2.70. The minimum Gasteiger partial charge on any atom is -0.385 e. The molecule has 3 aromatic rings. The molecule has 2 N–H and O–H groups in total. The number of aromatic nitrogens is 4. The van der Waals surface area contributed by atoms with Crippen molar-refractivity contribution in [1.29, 1.82) is 0 Å². The van der Waals surface area contributed by atoms with Crippen molar-refractivity contribution in [2.24, 2.45) is 5.92 Å². The van der Waals surface area contributed by atoms with E-state index >= 15 is 0 Å². The van der Waals surface area contributed by atoms with Gasteiger partial charge in [-0.1, -0.05) is 6.92 Å². The first-order valence-electron chi connectivity index (χ1n) is 8.76. The van der Waals surface area contributed by atoms with E-state index in [4.69, 9.17) is 0 Å². The van der Waals surface area contributed by atoms with Crippen LogP contribution in [0.15, 0.2) is 18.5 Å². The van der Waals surface area contributed by atoms with E-state index in [1.54, 1.807) is 19.3 Å². The normalized spacial score (nSPS) is 23.7. The Bertz CT molecular complexity index is 1070. The molecular weight excluding hydrogens is 354 g/mol. The zero-order chi connectivity index (χ0) is 18.6. The maximum Gasteiger partial charge on any atom is 0.212 e. The molecule has 9 heteroatoms. The molecule has 8 nitrogen and oxygen atoms in total. The third-order valence-corrected chi connectivity index (χ3v) is 6.43. The van der Waals surface area contributed by atoms with Crippen molar-refractivity contribution in [3.8, 4) is 0 Å². The van der Waals surface area contributed by atoms with E-state index in [1.165, 1.54) is 10.6 Å². The van der Waals surface area contributed by atoms with Crippen LogP contribution in [0.25, 0.3) is 22.1 Å². The van der Waals surface area contributed by atoms with E-state index in [-0.39, 0.29) is 0 Å². The SMILES string of the molecule is CC1CCN(S(C)(=O)=O)C(n2c([C@@H](C)O)nc3cnc4[nH]ccc4c32)C1. The van der Waals surface area contributed by atoms with Gasteiger partial charge in [-0.25, -0.2) is 18.4 Å². The highest BCUT2D eigenvalue weighted by Crippen LogP contribution is 2.38. The van der Waals surface area contributed by atoms with Crippen LogP contribution in [0.3, 0.4) is 0 Å². The molecule has 1 aliphatic heterocycles. The van der Waals surface area contributed by atoms with Crippen LogP contribution in [0.5, 0.6) is 0 Å². The average molecular weight is 377 g/mol. The van der Waals surface area contributed by atoms with Gasteiger partial charge in [-0.05, 0) is 31.7 Å². The van der Waals surface area contributed by atoms with Crippen molar-refractivity contribution < 1.29 is 13.5 Å². The van der Waals surface area contributed by atoms with E-state index < -0.39 is 22.3 Å². The van der Waals surface area contributed by atoms with E-state index in [0.717, 1.165) is 17.3 Å². The molecule has 0 amide bonds. The molecule has 140 valence electrons. The molecule has 4 rings (SSSR count). The number of aromatic amines is 1. The van der Waals surface area contributed by atoms with Crippen LogP contribution in [-0.4, -0.2) is 50.1 Å². The number of rotatable bonds is 3. The Kier molecular flexibility index (Phi) is 4.05. The number of aliphatic hydroxyl groups excluding tert-OH is 1. The number of hydrogen-bond acceptors (Lipinski definition) is 5. The molecule has 3 aromatic heterocycles. The van der Waals surface area contributed by atoms with E-state index in [1.807, 2.05) is 10.6 Å². The van der Waals surface area contributed by atoms with Gasteiger partial charge in [0.25, 0.3) is 0 Å². The van der Waals surface area contributed by atoms with Gasteiger partial charge in [0.05, 0.1) is 18.0 Å². The van der Waals surface area contributed by atoms with Crippen molar-refractivity contribution >= 4 is 32.1 Å². The van der Waals surface area contributed by atoms with Gasteiger partial charge >= 0.3 is 0 Å². The van der Waals surface area contributed by atoms with Gasteiger partial charge < -0.3 is 14.7 Å². The van der Waals surface area contributed by atoms with Gasteiger partial charge in [0.2, 0.25) is 10.0 Å². The second-order valence-corrected chi connectivity index (χ2v) is 9.17. The lowest BCUT2D eigenvalue weighted by atomic mass is 9.97. The predicted molar refractivity (Wildman–Crippen MR) is 99.0 cm³/mol. The summed E-state index contributed by atoms with van der Waals surface area (Å²) in [5, 5.41) is 11.2. The molecule has 0 bridgehead atoms. The fraction of sp³-hybridized carbons (Fsp3) is 0.529. The minimum atomic E-state index is -3.40. The fourth-order valence-corrected chi connectivity index (χ4v) is 4.98. The van der Waals surface area contributed by atoms with Crippen LogP contribution >= 0.6 is 0 Å². The number of nitrogens with one attached hydrogen (secondary N) is 1. The number of nitrogens with zero attached hydrogens (tertiary/aromatic N) is 4. The van der Waals surface area contributed by atoms with Crippen molar-refractivity contribution in [3.05, 3.63) is 24.3 Å². The van der Waals surface area contributed by atoms with Crippen LogP contribution in [-0.2, 0) is 10.0 Å². The molecule has 3 atom stereocenters. The Balaban J connectivity index is 2.04. The van der Waals surface area contributed by atoms with Crippen molar-refractivity contribution in [3.63, 3.8) is 0 Å². The van der Waals surface area contributed by atoms with Gasteiger partial charge in [0, 0.05) is 18.1 Å². The molecule has 0 aromatic carbocycles. The molecule has 0 spiro atoms. The Morgan fingerprint density at radius 2 is 2.19 bits per heavy atom. The van der Waals surface area contributed by atoms with Gasteiger partial charge in [-0.15, -0.1) is 0 Å². The largest absolute Gasteiger partial charge is 0.385 e. The van der Waals surface area contributed by atoms with Crippen LogP contribution < -0.4 is 0 Å². The Labute approximate surface area is 151 Å². The molecule has 4 heterocycles. The standard InChI is InChI=1S/C17H23N5O3S/c1-10-5-7-21(26(3,24)25)14(8-10)22-15-12-4-6-18-16(12)19-9-13(15)20-17(22)11(2)23/h4,6,9-11,14,23H,5,7-8H2,1-3H3,(H,18,19)/t10?,11-,14?/m1/s1. The molecule has 2 unspecified atom stereocenters. The lowest BCUT2D eigenvalue weighted by molar-refractivity contribution is 0.130. The third-order valence-electron chi connectivity index (χ3n) is 5.15. The van der Waals surface area contributed by atoms with Crippen molar-refractivity contribution in [2.75, 3.05) is 12.8 Å². The number of hydrogen-bond donors (Lipinski definition) is 2. The minimum absolute atomic E-state index is 0.376. The molecule has 1 aliphatic rings. The number of fused-ring (bicyclic) bond motifs is 3. The summed E-state index contributed by atoms with van der Waals surface area (Å²) in [6.07, 6.45) is 4.96. The van der Waals surface area contributed by atoms with Crippen LogP contribution in [0.2, 0.25) is 0 Å². The number of sulfonamides is 1. The zero-order valence-corrected chi connectivity index (χ0v) is 15.9. The van der Waals surface area contributed by atoms with E-state index in [2.05, 4.69) is 21.9 Å². The summed E-state index contributed by atoms with van der Waals surface area (Å²) in [6, 6.07) is 1.91. The van der Waals surface area contributed by atoms with Crippen molar-refractivity contribution in [2.45, 2.75) is 39.0 Å². The second kappa shape index (κ2) is 6.04. The predicted octanol–water partition coefficient (Wildman–Crippen LogP) is 2.16. The first kappa shape index (κ1) is 17.4. The lowest BCUT2D eigenvalue weighted by Crippen LogP contribution is -2.43. The first-order valence-corrected chi connectivity index (χ1v) is 10.6. The molecule has 1 saturated heterocycles. The number of aliphatic hydroxyl groups is 1. The number of imidazole rings is 1. The summed E-state index contributed by atoms with van der Waals surface area (Å²) < 4.78 is 28.3. The molecule has 0 saturated carbocycles. The highest BCUT2D eigenvalue weighted by atomic mass is 32.2. The number of pyridine rings is 1. The molecule has 0 aliphatic carbocycles. The smallest absolute Gasteiger partial charge is 0.212 e. The Morgan fingerprint density at radius 3 is 2.88 bits per heavy atom. The zero-order valence-electron chi connectivity index (χ0n) is 15.0. The summed E-state index contributed by atoms with van der Waals surface area (Å²) in [6.45, 7) is 4.24. The summed E-state index contributed by atoms with van der Waals surface area (Å²) in [5.41, 5.74) is 2.17. The quantitative estimate of drug-likeness (QED) is 0.728. The monoisotopic (exact) mass is 377 g/mol. The van der Waals surface area contributed by atoms with Gasteiger partial charge in [-0.3, -0.25) is 0 Å². The molecule has 1 fully saturated rings. The van der Waals surface area contributed by atoms with E-state index in [9.17, 15) is 13.5 Å². The Hall–Kier alpha value is -1.97. The molecule has 0 radical (unpaired) electrons. The fourth-order valence-electron chi connectivity index (χ4n) is 3.92. The van der Waals surface area contributed by atoms with Gasteiger partial charge in [-0.2, -0.15) is 4.31 Å². The highest BCUT2D eigenvalue weighted by molar-refractivity contribution is 7.88. The summed E-state index contributed by atoms with van der Waals surface area (Å²) in [4.78, 5) is 12.0. The van der Waals surface area contributed by atoms with Gasteiger partial charge in [0.1, 0.15) is 29.3 Å². The maximum absolute atomic E-state index is 12.4. The number of H-pyrrole nitrogens is 1. The summed E-state index contributed by atoms with van der Waals surface area (Å²) >= 11 is 0. The lowest BCUT2D eigenvalue weighted by Gasteiger charge is -2.38. The molecule has 26 heavy (non-hydrogen) atoms. The van der Waals surface area contributed by atoms with Crippen LogP contribution in [0.1, 0.15) is 44.8 Å². The molecular formula is C17H23N5O3S. The first-order chi connectivity index (χ1) is 12.3. The second-order valence-electron chi connectivity index (χ2n) is 7.23.